The maximum Gasteiger partial charge on any atom is 0.252 e. The maximum atomic E-state index is 2.72. The van der Waals surface area contributed by atoms with Crippen molar-refractivity contribution in [1.29, 1.82) is 0 Å². The van der Waals surface area contributed by atoms with Crippen molar-refractivity contribution in [3.8, 4) is 33.6 Å². The number of benzene rings is 15. The average molecular weight is 1330 g/mol. The fraction of sp³-hybridized carbons (Fsp3) is 0.0816. The van der Waals surface area contributed by atoms with Crippen LogP contribution in [-0.4, -0.2) is 22.6 Å². The SMILES string of the molecule is CC(C)(C)c1cc2c3c(c1)-n1c4ccccc4c4ccccc4c4ccccc4c4cccc(c41)B3c1cc3c(cc1N2c1ccc(-c2ccccc2)cc1)N(c1ccc(-c2ccccc2)cc1)c1cc(C(C)(C)C)cc2c1B3c1cccc3c4ccccc4c4ccccc4c4ccccc4n-2c13. The number of anilines is 6. The molecule has 0 aliphatic carbocycles. The van der Waals surface area contributed by atoms with E-state index in [2.05, 4.69) is 388 Å². The van der Waals surface area contributed by atoms with E-state index < -0.39 is 0 Å². The molecule has 6 heterocycles. The van der Waals surface area contributed by atoms with Gasteiger partial charge in [-0.2, -0.15) is 0 Å². The van der Waals surface area contributed by atoms with E-state index in [1.807, 2.05) is 0 Å². The smallest absolute Gasteiger partial charge is 0.252 e. The highest BCUT2D eigenvalue weighted by molar-refractivity contribution is 7.03. The van der Waals surface area contributed by atoms with Crippen molar-refractivity contribution in [2.24, 2.45) is 0 Å². The summed E-state index contributed by atoms with van der Waals surface area (Å²) in [6.45, 7) is 13.9. The van der Waals surface area contributed by atoms with Crippen LogP contribution in [0.25, 0.3) is 120 Å². The summed E-state index contributed by atoms with van der Waals surface area (Å²) in [5, 5.41) is 14.6. The third-order valence-electron chi connectivity index (χ3n) is 23.2. The fourth-order valence-electron chi connectivity index (χ4n) is 18.4. The van der Waals surface area contributed by atoms with Gasteiger partial charge in [-0.05, 0) is 187 Å². The van der Waals surface area contributed by atoms with E-state index in [9.17, 15) is 0 Å². The Labute approximate surface area is 606 Å². The lowest BCUT2D eigenvalue weighted by Gasteiger charge is -2.45. The van der Waals surface area contributed by atoms with Gasteiger partial charge in [-0.3, -0.25) is 0 Å². The number of nitrogens with zero attached hydrogens (tertiary/aromatic N) is 4. The molecule has 490 valence electrons. The molecule has 0 unspecified atom stereocenters. The molecule has 21 rings (SSSR count). The summed E-state index contributed by atoms with van der Waals surface area (Å²) in [6, 6.07) is 126. The molecule has 0 saturated heterocycles. The Balaban J connectivity index is 0.964. The zero-order valence-corrected chi connectivity index (χ0v) is 59.1. The van der Waals surface area contributed by atoms with Crippen molar-refractivity contribution in [2.75, 3.05) is 9.80 Å². The third kappa shape index (κ3) is 8.88. The van der Waals surface area contributed by atoms with Crippen LogP contribution < -0.4 is 42.6 Å². The van der Waals surface area contributed by atoms with E-state index in [4.69, 9.17) is 0 Å². The van der Waals surface area contributed by atoms with Crippen LogP contribution in [-0.2, 0) is 10.8 Å². The maximum absolute atomic E-state index is 2.72. The van der Waals surface area contributed by atoms with Crippen molar-refractivity contribution in [1.82, 2.24) is 9.13 Å². The van der Waals surface area contributed by atoms with Crippen LogP contribution in [0.3, 0.4) is 0 Å². The first-order chi connectivity index (χ1) is 50.9. The zero-order valence-electron chi connectivity index (χ0n) is 59.1. The van der Waals surface area contributed by atoms with Gasteiger partial charge in [0, 0.05) is 78.1 Å². The van der Waals surface area contributed by atoms with Gasteiger partial charge in [0.15, 0.2) is 0 Å². The Morgan fingerprint density at radius 2 is 0.510 bits per heavy atom. The van der Waals surface area contributed by atoms with Crippen LogP contribution in [0.15, 0.2) is 328 Å². The normalized spacial score (nSPS) is 13.2. The molecule has 17 aromatic rings. The van der Waals surface area contributed by atoms with E-state index in [0.29, 0.717) is 0 Å². The first-order valence-corrected chi connectivity index (χ1v) is 36.8. The topological polar surface area (TPSA) is 16.3 Å². The largest absolute Gasteiger partial charge is 0.311 e. The summed E-state index contributed by atoms with van der Waals surface area (Å²) >= 11 is 0. The lowest BCUT2D eigenvalue weighted by Crippen LogP contribution is -2.64. The molecule has 0 fully saturated rings. The minimum absolute atomic E-state index is 0.220. The Kier molecular flexibility index (Phi) is 13.1. The van der Waals surface area contributed by atoms with E-state index in [1.165, 1.54) is 165 Å². The monoisotopic (exact) mass is 1330 g/mol. The van der Waals surface area contributed by atoms with Gasteiger partial charge in [-0.25, -0.2) is 0 Å². The average Bonchev–Trinajstić information content (AvgIpc) is 0.882. The highest BCUT2D eigenvalue weighted by atomic mass is 15.2. The van der Waals surface area contributed by atoms with Crippen LogP contribution in [0, 0.1) is 0 Å². The molecule has 4 aliphatic heterocycles. The van der Waals surface area contributed by atoms with Crippen LogP contribution >= 0.6 is 0 Å². The Bertz CT molecular complexity index is 6290. The summed E-state index contributed by atoms with van der Waals surface area (Å²) < 4.78 is 5.38. The lowest BCUT2D eigenvalue weighted by atomic mass is 9.30. The molecule has 0 N–H and O–H groups in total. The molecular weight excluding hydrogens is 1250 g/mol. The molecule has 0 radical (unpaired) electrons. The van der Waals surface area contributed by atoms with Gasteiger partial charge >= 0.3 is 0 Å². The predicted octanol–water partition coefficient (Wildman–Crippen LogP) is 21.9. The van der Waals surface area contributed by atoms with Gasteiger partial charge in [-0.15, -0.1) is 0 Å². The summed E-state index contributed by atoms with van der Waals surface area (Å²) in [7, 11) is 0. The van der Waals surface area contributed by atoms with Crippen molar-refractivity contribution < 1.29 is 0 Å². The van der Waals surface area contributed by atoms with Crippen LogP contribution in [0.2, 0.25) is 0 Å². The summed E-state index contributed by atoms with van der Waals surface area (Å²) in [6.07, 6.45) is 0. The second-order valence-corrected chi connectivity index (χ2v) is 31.1. The van der Waals surface area contributed by atoms with Crippen LogP contribution in [0.1, 0.15) is 52.7 Å². The standard InChI is InChI=1S/C98H72B2N4/c1-97(2,3)65-55-89-93-91(57-65)103-85-45-23-21-39-77(85)73-35-17-13-31-69(73)71-33-15-19-37-75(71)79-41-25-43-81(95(79)103)99(93)83-59-84-88(60-87(83)101(89)67-51-47-63(48-52-67)61-27-9-7-10-28-61)102(68-53-49-64(50-54-68)62-29-11-8-12-30-62)90-56-66(98(4,5)6)58-92-94(90)100(84)82-44-26-42-80-76-38-20-16-34-72(76)70-32-14-18-36-74(70)78-40-22-24-46-86(78)104(92)96(80)82/h7-60H,1-6H3. The molecule has 0 spiro atoms. The van der Waals surface area contributed by atoms with Crippen LogP contribution in [0.4, 0.5) is 34.1 Å². The second-order valence-electron chi connectivity index (χ2n) is 31.1. The predicted molar refractivity (Wildman–Crippen MR) is 447 cm³/mol. The molecule has 15 aromatic carbocycles. The molecule has 0 saturated carbocycles. The number of hydrogen-bond acceptors (Lipinski definition) is 2. The van der Waals surface area contributed by atoms with Crippen molar-refractivity contribution in [2.45, 2.75) is 52.4 Å². The highest BCUT2D eigenvalue weighted by Gasteiger charge is 2.48. The molecule has 0 bridgehead atoms. The zero-order chi connectivity index (χ0) is 69.4. The Morgan fingerprint density at radius 1 is 0.221 bits per heavy atom. The van der Waals surface area contributed by atoms with Crippen molar-refractivity contribution in [3.63, 3.8) is 0 Å². The summed E-state index contributed by atoms with van der Waals surface area (Å²) in [4.78, 5) is 5.32. The third-order valence-corrected chi connectivity index (χ3v) is 23.2. The van der Waals surface area contributed by atoms with E-state index in [-0.39, 0.29) is 24.3 Å². The second kappa shape index (κ2) is 22.6. The molecule has 2 aromatic heterocycles. The Morgan fingerprint density at radius 3 is 0.865 bits per heavy atom. The number of rotatable bonds is 4. The van der Waals surface area contributed by atoms with Crippen molar-refractivity contribution >= 4 is 167 Å². The fourth-order valence-corrected chi connectivity index (χ4v) is 18.4. The van der Waals surface area contributed by atoms with Crippen LogP contribution in [0.5, 0.6) is 0 Å². The molecule has 104 heavy (non-hydrogen) atoms. The lowest BCUT2D eigenvalue weighted by molar-refractivity contribution is 0.590. The molecule has 6 heteroatoms. The van der Waals surface area contributed by atoms with Gasteiger partial charge in [0.1, 0.15) is 0 Å². The van der Waals surface area contributed by atoms with Crippen molar-refractivity contribution in [3.05, 3.63) is 339 Å². The van der Waals surface area contributed by atoms with E-state index in [0.717, 1.165) is 33.8 Å². The Hall–Kier alpha value is -12.4. The summed E-state index contributed by atoms with van der Waals surface area (Å²) in [5.74, 6) is 0. The van der Waals surface area contributed by atoms with E-state index >= 15 is 0 Å². The highest BCUT2D eigenvalue weighted by Crippen LogP contribution is 2.49. The molecule has 0 amide bonds. The van der Waals surface area contributed by atoms with Gasteiger partial charge in [0.05, 0.1) is 11.0 Å². The van der Waals surface area contributed by atoms with E-state index in [1.54, 1.807) is 0 Å². The van der Waals surface area contributed by atoms with Gasteiger partial charge in [0.2, 0.25) is 0 Å². The minimum Gasteiger partial charge on any atom is -0.311 e. The minimum atomic E-state index is -0.253. The number of fused-ring (bicyclic) bond motifs is 22. The molecule has 0 atom stereocenters. The molecule has 4 nitrogen and oxygen atoms in total. The van der Waals surface area contributed by atoms with Gasteiger partial charge in [-0.1, -0.05) is 302 Å². The van der Waals surface area contributed by atoms with Gasteiger partial charge in [0.25, 0.3) is 13.4 Å². The summed E-state index contributed by atoms with van der Waals surface area (Å²) in [5.41, 5.74) is 28.5. The number of hydrogen-bond donors (Lipinski definition) is 0. The molecule has 4 aliphatic rings. The number of aromatic nitrogens is 2. The first-order valence-electron chi connectivity index (χ1n) is 36.8. The first kappa shape index (κ1) is 60.4. The quantitative estimate of drug-likeness (QED) is 0.163. The van der Waals surface area contributed by atoms with Gasteiger partial charge < -0.3 is 18.9 Å². The molecular formula is C98H72B2N4. The number of para-hydroxylation sites is 4.